The zero-order chi connectivity index (χ0) is 14.0. The number of nitrogens with zero attached hydrogens (tertiary/aromatic N) is 1. The van der Waals surface area contributed by atoms with E-state index in [-0.39, 0.29) is 12.1 Å². The molecule has 1 aromatic heterocycles. The van der Waals surface area contributed by atoms with Gasteiger partial charge < -0.3 is 10.1 Å². The molecule has 0 bridgehead atoms. The predicted octanol–water partition coefficient (Wildman–Crippen LogP) is 3.62. The monoisotopic (exact) mass is 282 g/mol. The molecule has 0 amide bonds. The molecular weight excluding hydrogens is 260 g/mol. The second kappa shape index (κ2) is 5.49. The van der Waals surface area contributed by atoms with Crippen molar-refractivity contribution in [2.75, 3.05) is 12.4 Å². The summed E-state index contributed by atoms with van der Waals surface area (Å²) in [6, 6.07) is 0. The lowest BCUT2D eigenvalue weighted by Gasteiger charge is -2.33. The van der Waals surface area contributed by atoms with Crippen LogP contribution in [-0.4, -0.2) is 23.5 Å². The first-order chi connectivity index (χ1) is 8.93. The molecule has 1 N–H and O–H groups in total. The fraction of sp³-hybridized carbons (Fsp3) is 0.714. The van der Waals surface area contributed by atoms with Crippen molar-refractivity contribution < 1.29 is 9.53 Å². The van der Waals surface area contributed by atoms with Crippen molar-refractivity contribution >= 4 is 22.5 Å². The third kappa shape index (κ3) is 3.26. The van der Waals surface area contributed by atoms with Gasteiger partial charge in [-0.3, -0.25) is 0 Å². The van der Waals surface area contributed by atoms with Gasteiger partial charge in [0.15, 0.2) is 0 Å². The summed E-state index contributed by atoms with van der Waals surface area (Å²) in [5, 5.41) is 3.79. The number of aryl methyl sites for hydroxylation is 1. The van der Waals surface area contributed by atoms with Gasteiger partial charge in [-0.2, -0.15) is 4.37 Å². The number of hydrogen-bond acceptors (Lipinski definition) is 5. The first-order valence-corrected chi connectivity index (χ1v) is 7.55. The quantitative estimate of drug-likeness (QED) is 0.860. The van der Waals surface area contributed by atoms with E-state index >= 15 is 0 Å². The summed E-state index contributed by atoms with van der Waals surface area (Å²) in [5.41, 5.74) is 1.73. The number of carbonyl (C=O) groups is 1. The number of ether oxygens (including phenoxy) is 1. The van der Waals surface area contributed by atoms with Crippen LogP contribution in [0.1, 0.15) is 55.6 Å². The largest absolute Gasteiger partial charge is 0.459 e. The Labute approximate surface area is 118 Å². The number of rotatable bonds is 3. The van der Waals surface area contributed by atoms with Gasteiger partial charge in [0, 0.05) is 7.05 Å². The van der Waals surface area contributed by atoms with E-state index in [1.54, 1.807) is 7.05 Å². The van der Waals surface area contributed by atoms with Gasteiger partial charge >= 0.3 is 5.97 Å². The van der Waals surface area contributed by atoms with Crippen molar-refractivity contribution in [3.05, 3.63) is 11.3 Å². The molecule has 1 aliphatic carbocycles. The normalized spacial score (nSPS) is 19.2. The topological polar surface area (TPSA) is 51.2 Å². The highest BCUT2D eigenvalue weighted by Gasteiger charge is 2.30. The molecule has 0 atom stereocenters. The Morgan fingerprint density at radius 1 is 1.42 bits per heavy atom. The van der Waals surface area contributed by atoms with Gasteiger partial charge in [0.25, 0.3) is 0 Å². The lowest BCUT2D eigenvalue weighted by atomic mass is 9.76. The van der Waals surface area contributed by atoms with Crippen molar-refractivity contribution in [2.45, 2.75) is 52.6 Å². The highest BCUT2D eigenvalue weighted by Crippen LogP contribution is 2.36. The Kier molecular flexibility index (Phi) is 4.13. The van der Waals surface area contributed by atoms with Gasteiger partial charge in [-0.05, 0) is 49.6 Å². The summed E-state index contributed by atoms with van der Waals surface area (Å²) in [4.78, 5) is 12.2. The molecular formula is C14H22N2O2S. The minimum absolute atomic E-state index is 0.0598. The minimum Gasteiger partial charge on any atom is -0.459 e. The molecule has 2 rings (SSSR count). The smallest absolute Gasteiger partial charge is 0.343 e. The van der Waals surface area contributed by atoms with Crippen molar-refractivity contribution in [3.63, 3.8) is 0 Å². The zero-order valence-corrected chi connectivity index (χ0v) is 12.9. The molecule has 1 aliphatic rings. The molecule has 0 spiro atoms. The molecule has 1 fully saturated rings. The molecule has 106 valence electrons. The number of anilines is 1. The Morgan fingerprint density at radius 3 is 2.63 bits per heavy atom. The van der Waals surface area contributed by atoms with Crippen LogP contribution in [0.25, 0.3) is 0 Å². The minimum atomic E-state index is -0.236. The standard InChI is InChI=1S/C14H22N2O2S/c1-9-11(12(15-4)19-16-9)13(17)18-10-5-7-14(2,3)8-6-10/h10,15H,5-8H2,1-4H3. The first kappa shape index (κ1) is 14.3. The Balaban J connectivity index is 2.00. The lowest BCUT2D eigenvalue weighted by molar-refractivity contribution is 0.00956. The van der Waals surface area contributed by atoms with Crippen LogP contribution in [0.5, 0.6) is 0 Å². The summed E-state index contributed by atoms with van der Waals surface area (Å²) in [7, 11) is 1.80. The van der Waals surface area contributed by atoms with Gasteiger partial charge in [-0.1, -0.05) is 13.8 Å². The number of nitrogens with one attached hydrogen (secondary N) is 1. The second-order valence-corrected chi connectivity index (χ2v) is 6.76. The highest BCUT2D eigenvalue weighted by atomic mass is 32.1. The van der Waals surface area contributed by atoms with E-state index in [2.05, 4.69) is 23.5 Å². The van der Waals surface area contributed by atoms with Crippen molar-refractivity contribution in [1.29, 1.82) is 0 Å². The average molecular weight is 282 g/mol. The van der Waals surface area contributed by atoms with E-state index in [0.717, 1.165) is 36.4 Å². The van der Waals surface area contributed by atoms with Gasteiger partial charge in [0.05, 0.1) is 5.69 Å². The first-order valence-electron chi connectivity index (χ1n) is 6.78. The summed E-state index contributed by atoms with van der Waals surface area (Å²) in [5.74, 6) is -0.236. The van der Waals surface area contributed by atoms with Crippen LogP contribution in [0.3, 0.4) is 0 Å². The maximum absolute atomic E-state index is 12.2. The number of carbonyl (C=O) groups excluding carboxylic acids is 1. The molecule has 1 saturated carbocycles. The van der Waals surface area contributed by atoms with E-state index in [1.165, 1.54) is 11.5 Å². The van der Waals surface area contributed by atoms with Crippen molar-refractivity contribution in [1.82, 2.24) is 4.37 Å². The number of aromatic nitrogens is 1. The molecule has 19 heavy (non-hydrogen) atoms. The number of esters is 1. The number of hydrogen-bond donors (Lipinski definition) is 1. The van der Waals surface area contributed by atoms with Crippen molar-refractivity contribution in [2.24, 2.45) is 5.41 Å². The SMILES string of the molecule is CNc1snc(C)c1C(=O)OC1CCC(C)(C)CC1. The molecule has 5 heteroatoms. The molecule has 0 saturated heterocycles. The van der Waals surface area contributed by atoms with E-state index in [9.17, 15) is 4.79 Å². The van der Waals surface area contributed by atoms with Crippen LogP contribution in [0, 0.1) is 12.3 Å². The summed E-state index contributed by atoms with van der Waals surface area (Å²) < 4.78 is 9.84. The van der Waals surface area contributed by atoms with Crippen LogP contribution in [0.2, 0.25) is 0 Å². The van der Waals surface area contributed by atoms with E-state index < -0.39 is 0 Å². The highest BCUT2D eigenvalue weighted by molar-refractivity contribution is 7.10. The van der Waals surface area contributed by atoms with E-state index in [0.29, 0.717) is 11.0 Å². The molecule has 0 aromatic carbocycles. The fourth-order valence-corrected chi connectivity index (χ4v) is 3.21. The fourth-order valence-electron chi connectivity index (χ4n) is 2.48. The van der Waals surface area contributed by atoms with Gasteiger partial charge in [0.1, 0.15) is 16.7 Å². The maximum Gasteiger partial charge on any atom is 0.343 e. The van der Waals surface area contributed by atoms with Crippen LogP contribution in [0.15, 0.2) is 0 Å². The van der Waals surface area contributed by atoms with Crippen LogP contribution < -0.4 is 5.32 Å². The third-order valence-electron chi connectivity index (χ3n) is 3.85. The third-order valence-corrected chi connectivity index (χ3v) is 4.81. The lowest BCUT2D eigenvalue weighted by Crippen LogP contribution is -2.28. The summed E-state index contributed by atoms with van der Waals surface area (Å²) in [6.07, 6.45) is 4.22. The second-order valence-electron chi connectivity index (χ2n) is 5.99. The molecule has 0 unspecified atom stereocenters. The Bertz CT molecular complexity index is 458. The van der Waals surface area contributed by atoms with Gasteiger partial charge in [-0.15, -0.1) is 0 Å². The summed E-state index contributed by atoms with van der Waals surface area (Å²) in [6.45, 7) is 6.39. The van der Waals surface area contributed by atoms with Crippen molar-refractivity contribution in [3.8, 4) is 0 Å². The Morgan fingerprint density at radius 2 is 2.05 bits per heavy atom. The van der Waals surface area contributed by atoms with Crippen LogP contribution in [0.4, 0.5) is 5.00 Å². The maximum atomic E-state index is 12.2. The molecule has 1 aromatic rings. The van der Waals surface area contributed by atoms with Crippen LogP contribution in [-0.2, 0) is 4.74 Å². The van der Waals surface area contributed by atoms with E-state index in [4.69, 9.17) is 4.74 Å². The van der Waals surface area contributed by atoms with Gasteiger partial charge in [0.2, 0.25) is 0 Å². The Hall–Kier alpha value is -1.10. The molecule has 0 aliphatic heterocycles. The van der Waals surface area contributed by atoms with E-state index in [1.807, 2.05) is 6.92 Å². The van der Waals surface area contributed by atoms with Crippen LogP contribution >= 0.6 is 11.5 Å². The molecule has 1 heterocycles. The molecule has 0 radical (unpaired) electrons. The zero-order valence-electron chi connectivity index (χ0n) is 12.1. The summed E-state index contributed by atoms with van der Waals surface area (Å²) >= 11 is 1.30. The van der Waals surface area contributed by atoms with Gasteiger partial charge in [-0.25, -0.2) is 4.79 Å². The average Bonchev–Trinajstić information content (AvgIpc) is 2.73. The predicted molar refractivity (Wildman–Crippen MR) is 77.9 cm³/mol. The molecule has 4 nitrogen and oxygen atoms in total.